The van der Waals surface area contributed by atoms with Crippen LogP contribution >= 0.6 is 0 Å². The molecule has 4 N–H and O–H groups in total. The van der Waals surface area contributed by atoms with E-state index in [1.165, 1.54) is 0 Å². The van der Waals surface area contributed by atoms with Gasteiger partial charge >= 0.3 is 5.97 Å². The average Bonchev–Trinajstić information content (AvgIpc) is 2.22. The summed E-state index contributed by atoms with van der Waals surface area (Å²) in [6.07, 6.45) is 1.45. The Morgan fingerprint density at radius 2 is 1.94 bits per heavy atom. The molecule has 2 unspecified atom stereocenters. The molecule has 0 aliphatic heterocycles. The SMILES string of the molecule is CCC(CNC(=O)C(N)CC(C)C)CC(=O)O. The summed E-state index contributed by atoms with van der Waals surface area (Å²) >= 11 is 0. The third kappa shape index (κ3) is 7.74. The quantitative estimate of drug-likeness (QED) is 0.593. The van der Waals surface area contributed by atoms with Crippen LogP contribution in [0.5, 0.6) is 0 Å². The normalized spacial score (nSPS) is 14.4. The molecule has 0 fully saturated rings. The molecule has 0 aromatic rings. The lowest BCUT2D eigenvalue weighted by atomic mass is 10.0. The lowest BCUT2D eigenvalue weighted by molar-refractivity contribution is -0.138. The van der Waals surface area contributed by atoms with Gasteiger partial charge in [0.05, 0.1) is 6.04 Å². The van der Waals surface area contributed by atoms with E-state index in [1.807, 2.05) is 20.8 Å². The fraction of sp³-hybridized carbons (Fsp3) is 0.833. The van der Waals surface area contributed by atoms with Crippen molar-refractivity contribution in [3.63, 3.8) is 0 Å². The van der Waals surface area contributed by atoms with Crippen LogP contribution in [0, 0.1) is 11.8 Å². The van der Waals surface area contributed by atoms with Crippen LogP contribution in [0.2, 0.25) is 0 Å². The van der Waals surface area contributed by atoms with Crippen molar-refractivity contribution in [2.45, 2.75) is 46.1 Å². The van der Waals surface area contributed by atoms with Crippen LogP contribution in [0.15, 0.2) is 0 Å². The van der Waals surface area contributed by atoms with Crippen LogP contribution in [-0.4, -0.2) is 29.6 Å². The van der Waals surface area contributed by atoms with E-state index in [9.17, 15) is 9.59 Å². The summed E-state index contributed by atoms with van der Waals surface area (Å²) in [4.78, 5) is 22.2. The van der Waals surface area contributed by atoms with Crippen molar-refractivity contribution in [3.8, 4) is 0 Å². The van der Waals surface area contributed by atoms with Gasteiger partial charge in [-0.3, -0.25) is 9.59 Å². The molecule has 0 aliphatic rings. The third-order valence-corrected chi connectivity index (χ3v) is 2.67. The van der Waals surface area contributed by atoms with E-state index in [-0.39, 0.29) is 18.2 Å². The summed E-state index contributed by atoms with van der Waals surface area (Å²) in [6, 6.07) is -0.502. The van der Waals surface area contributed by atoms with E-state index in [2.05, 4.69) is 5.32 Å². The number of carboxylic acid groups (broad SMARTS) is 1. The van der Waals surface area contributed by atoms with Crippen molar-refractivity contribution in [1.29, 1.82) is 0 Å². The molecule has 0 aromatic carbocycles. The number of aliphatic carboxylic acids is 1. The second kappa shape index (κ2) is 8.06. The van der Waals surface area contributed by atoms with Crippen LogP contribution in [0.1, 0.15) is 40.0 Å². The summed E-state index contributed by atoms with van der Waals surface area (Å²) in [7, 11) is 0. The van der Waals surface area contributed by atoms with Gasteiger partial charge in [0.1, 0.15) is 0 Å². The predicted molar refractivity (Wildman–Crippen MR) is 66.5 cm³/mol. The first kappa shape index (κ1) is 15.9. The van der Waals surface area contributed by atoms with Gasteiger partial charge in [0.15, 0.2) is 0 Å². The highest BCUT2D eigenvalue weighted by atomic mass is 16.4. The van der Waals surface area contributed by atoms with Crippen molar-refractivity contribution in [2.24, 2.45) is 17.6 Å². The molecule has 0 radical (unpaired) electrons. The second-order valence-electron chi connectivity index (χ2n) is 4.85. The Kier molecular flexibility index (Phi) is 7.54. The Morgan fingerprint density at radius 1 is 1.35 bits per heavy atom. The Balaban J connectivity index is 3.99. The molecular weight excluding hydrogens is 220 g/mol. The third-order valence-electron chi connectivity index (χ3n) is 2.67. The molecular formula is C12H24N2O3. The molecule has 0 spiro atoms. The molecule has 0 aromatic heterocycles. The van der Waals surface area contributed by atoms with Gasteiger partial charge in [-0.25, -0.2) is 0 Å². The first-order valence-electron chi connectivity index (χ1n) is 6.11. The zero-order chi connectivity index (χ0) is 13.4. The molecule has 17 heavy (non-hydrogen) atoms. The minimum absolute atomic E-state index is 0.0253. The van der Waals surface area contributed by atoms with E-state index >= 15 is 0 Å². The number of rotatable bonds is 8. The van der Waals surface area contributed by atoms with E-state index in [4.69, 9.17) is 10.8 Å². The number of amides is 1. The molecule has 2 atom stereocenters. The molecule has 0 heterocycles. The molecule has 5 heteroatoms. The first-order chi connectivity index (χ1) is 7.86. The van der Waals surface area contributed by atoms with Gasteiger partial charge in [-0.05, 0) is 18.3 Å². The van der Waals surface area contributed by atoms with Crippen LogP contribution in [0.4, 0.5) is 0 Å². The molecule has 100 valence electrons. The summed E-state index contributed by atoms with van der Waals surface area (Å²) in [6.45, 7) is 6.31. The number of carboxylic acids is 1. The topological polar surface area (TPSA) is 92.4 Å². The highest BCUT2D eigenvalue weighted by molar-refractivity contribution is 5.81. The number of carbonyl (C=O) groups excluding carboxylic acids is 1. The molecule has 0 aliphatic carbocycles. The Bertz CT molecular complexity index is 254. The molecule has 0 saturated heterocycles. The van der Waals surface area contributed by atoms with Gasteiger partial charge in [-0.15, -0.1) is 0 Å². The van der Waals surface area contributed by atoms with E-state index in [0.717, 1.165) is 6.42 Å². The second-order valence-corrected chi connectivity index (χ2v) is 4.85. The maximum Gasteiger partial charge on any atom is 0.303 e. The van der Waals surface area contributed by atoms with E-state index in [0.29, 0.717) is 18.9 Å². The van der Waals surface area contributed by atoms with Gasteiger partial charge in [-0.2, -0.15) is 0 Å². The monoisotopic (exact) mass is 244 g/mol. The van der Waals surface area contributed by atoms with Crippen molar-refractivity contribution in [1.82, 2.24) is 5.32 Å². The van der Waals surface area contributed by atoms with Crippen LogP contribution in [0.25, 0.3) is 0 Å². The highest BCUT2D eigenvalue weighted by Crippen LogP contribution is 2.07. The molecule has 0 rings (SSSR count). The lowest BCUT2D eigenvalue weighted by Gasteiger charge is -2.17. The zero-order valence-electron chi connectivity index (χ0n) is 10.9. The Morgan fingerprint density at radius 3 is 2.35 bits per heavy atom. The summed E-state index contributed by atoms with van der Waals surface area (Å²) in [5, 5.41) is 11.4. The fourth-order valence-electron chi connectivity index (χ4n) is 1.60. The minimum Gasteiger partial charge on any atom is -0.481 e. The van der Waals surface area contributed by atoms with Gasteiger partial charge in [0.2, 0.25) is 5.91 Å². The van der Waals surface area contributed by atoms with Crippen LogP contribution < -0.4 is 11.1 Å². The maximum absolute atomic E-state index is 11.6. The molecule has 0 saturated carbocycles. The number of nitrogens with one attached hydrogen (secondary N) is 1. The fourth-order valence-corrected chi connectivity index (χ4v) is 1.60. The van der Waals surface area contributed by atoms with Gasteiger partial charge in [0, 0.05) is 13.0 Å². The molecule has 0 bridgehead atoms. The molecule has 5 nitrogen and oxygen atoms in total. The number of hydrogen-bond donors (Lipinski definition) is 3. The zero-order valence-corrected chi connectivity index (χ0v) is 10.9. The molecule has 1 amide bonds. The van der Waals surface area contributed by atoms with Crippen molar-refractivity contribution < 1.29 is 14.7 Å². The van der Waals surface area contributed by atoms with Crippen molar-refractivity contribution in [3.05, 3.63) is 0 Å². The van der Waals surface area contributed by atoms with Crippen LogP contribution in [0.3, 0.4) is 0 Å². The first-order valence-corrected chi connectivity index (χ1v) is 6.11. The smallest absolute Gasteiger partial charge is 0.303 e. The summed E-state index contributed by atoms with van der Waals surface area (Å²) < 4.78 is 0. The summed E-state index contributed by atoms with van der Waals surface area (Å²) in [5.41, 5.74) is 5.72. The van der Waals surface area contributed by atoms with Gasteiger partial charge in [0.25, 0.3) is 0 Å². The van der Waals surface area contributed by atoms with Crippen molar-refractivity contribution in [2.75, 3.05) is 6.54 Å². The average molecular weight is 244 g/mol. The van der Waals surface area contributed by atoms with Crippen LogP contribution in [-0.2, 0) is 9.59 Å². The lowest BCUT2D eigenvalue weighted by Crippen LogP contribution is -2.43. The standard InChI is InChI=1S/C12H24N2O3/c1-4-9(6-11(15)16)7-14-12(17)10(13)5-8(2)3/h8-10H,4-7,13H2,1-3H3,(H,14,17)(H,15,16). The summed E-state index contributed by atoms with van der Waals surface area (Å²) in [5.74, 6) is -0.681. The van der Waals surface area contributed by atoms with E-state index < -0.39 is 12.0 Å². The number of nitrogens with two attached hydrogens (primary N) is 1. The maximum atomic E-state index is 11.6. The van der Waals surface area contributed by atoms with E-state index in [1.54, 1.807) is 0 Å². The largest absolute Gasteiger partial charge is 0.481 e. The Labute approximate surface area is 103 Å². The van der Waals surface area contributed by atoms with Gasteiger partial charge < -0.3 is 16.2 Å². The number of carbonyl (C=O) groups is 2. The van der Waals surface area contributed by atoms with Gasteiger partial charge in [-0.1, -0.05) is 27.2 Å². The highest BCUT2D eigenvalue weighted by Gasteiger charge is 2.17. The van der Waals surface area contributed by atoms with Crippen molar-refractivity contribution >= 4 is 11.9 Å². The minimum atomic E-state index is -0.836. The Hall–Kier alpha value is -1.10. The predicted octanol–water partition coefficient (Wildman–Crippen LogP) is 0.977. The number of hydrogen-bond acceptors (Lipinski definition) is 3.